The standard InChI is InChI=1S/C20H28N4O2S.HI/c1-15-10-16(12-17(11-15)26-4)13-22-20(23-14-19(25)24(2)3)21-8-7-18-6-5-9-27-18;/h5-6,9-12H,7-8,13-14H2,1-4H3,(H2,21,22,23);1H. The van der Waals surface area contributed by atoms with E-state index in [1.807, 2.05) is 25.1 Å². The molecule has 1 aromatic carbocycles. The molecular weight excluding hydrogens is 487 g/mol. The molecule has 2 aromatic rings. The average Bonchev–Trinajstić information content (AvgIpc) is 3.16. The van der Waals surface area contributed by atoms with Crippen LogP contribution in [-0.4, -0.2) is 51.1 Å². The molecule has 28 heavy (non-hydrogen) atoms. The highest BCUT2D eigenvalue weighted by Gasteiger charge is 2.06. The normalized spacial score (nSPS) is 10.8. The number of methoxy groups -OCH3 is 1. The highest BCUT2D eigenvalue weighted by atomic mass is 127. The van der Waals surface area contributed by atoms with Gasteiger partial charge in [0.15, 0.2) is 5.96 Å². The third-order valence-electron chi connectivity index (χ3n) is 3.92. The van der Waals surface area contributed by atoms with Crippen LogP contribution in [0.1, 0.15) is 16.0 Å². The summed E-state index contributed by atoms with van der Waals surface area (Å²) in [5, 5.41) is 8.50. The minimum atomic E-state index is -0.0000170. The molecule has 0 atom stereocenters. The number of carbonyl (C=O) groups is 1. The molecule has 154 valence electrons. The van der Waals surface area contributed by atoms with Crippen LogP contribution in [0.25, 0.3) is 0 Å². The Bertz CT molecular complexity index is 764. The van der Waals surface area contributed by atoms with E-state index in [0.29, 0.717) is 12.5 Å². The first-order valence-corrected chi connectivity index (χ1v) is 9.75. The van der Waals surface area contributed by atoms with Gasteiger partial charge in [-0.1, -0.05) is 12.1 Å². The van der Waals surface area contributed by atoms with Crippen molar-refractivity contribution >= 4 is 47.2 Å². The van der Waals surface area contributed by atoms with Gasteiger partial charge in [-0.15, -0.1) is 35.3 Å². The Morgan fingerprint density at radius 2 is 2.04 bits per heavy atom. The SMILES string of the molecule is COc1cc(C)cc(CN=C(NCCc2cccs2)NCC(=O)N(C)C)c1.I. The summed E-state index contributed by atoms with van der Waals surface area (Å²) >= 11 is 1.74. The molecule has 1 amide bonds. The third kappa shape index (κ3) is 8.47. The summed E-state index contributed by atoms with van der Waals surface area (Å²) in [6.45, 7) is 3.49. The lowest BCUT2D eigenvalue weighted by Gasteiger charge is -2.15. The van der Waals surface area contributed by atoms with E-state index < -0.39 is 0 Å². The third-order valence-corrected chi connectivity index (χ3v) is 4.85. The van der Waals surface area contributed by atoms with Crippen molar-refractivity contribution in [3.05, 3.63) is 51.7 Å². The highest BCUT2D eigenvalue weighted by Crippen LogP contribution is 2.17. The van der Waals surface area contributed by atoms with Gasteiger partial charge in [-0.3, -0.25) is 4.79 Å². The van der Waals surface area contributed by atoms with Crippen LogP contribution >= 0.6 is 35.3 Å². The number of nitrogens with zero attached hydrogens (tertiary/aromatic N) is 2. The molecule has 6 nitrogen and oxygen atoms in total. The first-order chi connectivity index (χ1) is 13.0. The molecule has 0 radical (unpaired) electrons. The number of halogens is 1. The molecule has 8 heteroatoms. The molecule has 0 saturated carbocycles. The second-order valence-corrected chi connectivity index (χ2v) is 7.45. The van der Waals surface area contributed by atoms with Crippen LogP contribution in [0.3, 0.4) is 0 Å². The molecule has 0 spiro atoms. The maximum atomic E-state index is 11.9. The molecule has 0 aliphatic heterocycles. The number of hydrogen-bond donors (Lipinski definition) is 2. The van der Waals surface area contributed by atoms with E-state index in [0.717, 1.165) is 29.8 Å². The lowest BCUT2D eigenvalue weighted by molar-refractivity contribution is -0.127. The Morgan fingerprint density at radius 1 is 1.25 bits per heavy atom. The second-order valence-electron chi connectivity index (χ2n) is 6.42. The number of nitrogens with one attached hydrogen (secondary N) is 2. The van der Waals surface area contributed by atoms with Gasteiger partial charge in [0.1, 0.15) is 5.75 Å². The van der Waals surface area contributed by atoms with Crippen LogP contribution < -0.4 is 15.4 Å². The second kappa shape index (κ2) is 12.6. The molecule has 1 aromatic heterocycles. The molecule has 2 N–H and O–H groups in total. The highest BCUT2D eigenvalue weighted by molar-refractivity contribution is 14.0. The van der Waals surface area contributed by atoms with Gasteiger partial charge in [-0.05, 0) is 48.1 Å². The monoisotopic (exact) mass is 516 g/mol. The van der Waals surface area contributed by atoms with Crippen molar-refractivity contribution < 1.29 is 9.53 Å². The molecule has 0 aliphatic carbocycles. The van der Waals surface area contributed by atoms with E-state index in [1.54, 1.807) is 37.4 Å². The summed E-state index contributed by atoms with van der Waals surface area (Å²) in [5.74, 6) is 1.45. The Kier molecular flexibility index (Phi) is 10.9. The van der Waals surface area contributed by atoms with Gasteiger partial charge >= 0.3 is 0 Å². The van der Waals surface area contributed by atoms with E-state index in [-0.39, 0.29) is 36.4 Å². The Balaban J connectivity index is 0.00000392. The topological polar surface area (TPSA) is 66.0 Å². The number of carbonyl (C=O) groups excluding carboxylic acids is 1. The fourth-order valence-electron chi connectivity index (χ4n) is 2.45. The van der Waals surface area contributed by atoms with E-state index in [1.165, 1.54) is 4.88 Å². The zero-order valence-electron chi connectivity index (χ0n) is 16.8. The van der Waals surface area contributed by atoms with Gasteiger partial charge in [0.05, 0.1) is 20.2 Å². The van der Waals surface area contributed by atoms with Gasteiger partial charge in [-0.2, -0.15) is 0 Å². The van der Waals surface area contributed by atoms with Crippen LogP contribution in [0.15, 0.2) is 40.7 Å². The van der Waals surface area contributed by atoms with Crippen molar-refractivity contribution in [2.75, 3.05) is 34.3 Å². The van der Waals surface area contributed by atoms with Gasteiger partial charge in [0.25, 0.3) is 0 Å². The first-order valence-electron chi connectivity index (χ1n) is 8.87. The van der Waals surface area contributed by atoms with E-state index in [4.69, 9.17) is 4.74 Å². The fraction of sp³-hybridized carbons (Fsp3) is 0.400. The van der Waals surface area contributed by atoms with Crippen molar-refractivity contribution in [3.8, 4) is 5.75 Å². The van der Waals surface area contributed by atoms with Crippen LogP contribution in [-0.2, 0) is 17.8 Å². The number of likely N-dealkylation sites (N-methyl/N-ethyl adjacent to an activating group) is 1. The van der Waals surface area contributed by atoms with Gasteiger partial charge < -0.3 is 20.3 Å². The predicted octanol–water partition coefficient (Wildman–Crippen LogP) is 3.05. The van der Waals surface area contributed by atoms with Crippen LogP contribution in [0, 0.1) is 6.92 Å². The molecule has 0 unspecified atom stereocenters. The first kappa shape index (κ1) is 24.2. The molecule has 0 saturated heterocycles. The number of aliphatic imine (C=N–C) groups is 1. The zero-order chi connectivity index (χ0) is 19.6. The minimum absolute atomic E-state index is 0. The number of guanidine groups is 1. The maximum absolute atomic E-state index is 11.9. The average molecular weight is 516 g/mol. The number of hydrogen-bond acceptors (Lipinski definition) is 4. The summed E-state index contributed by atoms with van der Waals surface area (Å²) in [6.07, 6.45) is 0.915. The lowest BCUT2D eigenvalue weighted by atomic mass is 10.1. The predicted molar refractivity (Wildman–Crippen MR) is 127 cm³/mol. The number of rotatable bonds is 8. The molecule has 0 bridgehead atoms. The van der Waals surface area contributed by atoms with Crippen LogP contribution in [0.4, 0.5) is 0 Å². The smallest absolute Gasteiger partial charge is 0.241 e. The van der Waals surface area contributed by atoms with E-state index in [2.05, 4.69) is 33.1 Å². The van der Waals surface area contributed by atoms with Crippen molar-refractivity contribution in [2.24, 2.45) is 4.99 Å². The summed E-state index contributed by atoms with van der Waals surface area (Å²) in [6, 6.07) is 10.2. The molecule has 1 heterocycles. The van der Waals surface area contributed by atoms with Gasteiger partial charge in [0, 0.05) is 25.5 Å². The van der Waals surface area contributed by atoms with Crippen molar-refractivity contribution in [3.63, 3.8) is 0 Å². The number of aryl methyl sites for hydroxylation is 1. The van der Waals surface area contributed by atoms with Gasteiger partial charge in [-0.25, -0.2) is 4.99 Å². The Labute approximate surface area is 188 Å². The fourth-order valence-corrected chi connectivity index (χ4v) is 3.16. The molecular formula is C20H29IN4O2S. The van der Waals surface area contributed by atoms with Crippen molar-refractivity contribution in [2.45, 2.75) is 19.9 Å². The Hall–Kier alpha value is -1.81. The number of ether oxygens (including phenoxy) is 1. The molecule has 0 fully saturated rings. The van der Waals surface area contributed by atoms with E-state index in [9.17, 15) is 4.79 Å². The number of amides is 1. The minimum Gasteiger partial charge on any atom is -0.497 e. The Morgan fingerprint density at radius 3 is 2.68 bits per heavy atom. The summed E-state index contributed by atoms with van der Waals surface area (Å²) in [7, 11) is 5.14. The number of benzene rings is 1. The van der Waals surface area contributed by atoms with E-state index >= 15 is 0 Å². The van der Waals surface area contributed by atoms with Crippen LogP contribution in [0.5, 0.6) is 5.75 Å². The quantitative estimate of drug-likeness (QED) is 0.322. The summed E-state index contributed by atoms with van der Waals surface area (Å²) < 4.78 is 5.33. The molecule has 0 aliphatic rings. The summed E-state index contributed by atoms with van der Waals surface area (Å²) in [5.41, 5.74) is 2.19. The maximum Gasteiger partial charge on any atom is 0.241 e. The van der Waals surface area contributed by atoms with Crippen molar-refractivity contribution in [1.82, 2.24) is 15.5 Å². The largest absolute Gasteiger partial charge is 0.497 e. The lowest BCUT2D eigenvalue weighted by Crippen LogP contribution is -2.43. The van der Waals surface area contributed by atoms with Crippen molar-refractivity contribution in [1.29, 1.82) is 0 Å². The molecule has 2 rings (SSSR count). The van der Waals surface area contributed by atoms with Gasteiger partial charge in [0.2, 0.25) is 5.91 Å². The van der Waals surface area contributed by atoms with Crippen LogP contribution in [0.2, 0.25) is 0 Å². The number of thiophene rings is 1. The zero-order valence-corrected chi connectivity index (χ0v) is 20.0. The summed E-state index contributed by atoms with van der Waals surface area (Å²) in [4.78, 5) is 19.4.